The van der Waals surface area contributed by atoms with Crippen LogP contribution in [0.15, 0.2) is 39.5 Å². The zero-order chi connectivity index (χ0) is 14.4. The number of rotatable bonds is 1. The van der Waals surface area contributed by atoms with Crippen LogP contribution in [-0.4, -0.2) is 10.0 Å². The van der Waals surface area contributed by atoms with Crippen LogP contribution in [0.1, 0.15) is 0 Å². The highest BCUT2D eigenvalue weighted by molar-refractivity contribution is 6.37. The molecule has 0 radical (unpaired) electrons. The Balaban J connectivity index is 2.55. The Bertz CT molecular complexity index is 931. The van der Waals surface area contributed by atoms with E-state index in [0.29, 0.717) is 0 Å². The molecule has 3 aromatic rings. The van der Waals surface area contributed by atoms with Crippen LogP contribution in [-0.2, 0) is 0 Å². The molecule has 0 spiro atoms. The number of fused-ring (bicyclic) bond motifs is 2. The van der Waals surface area contributed by atoms with Crippen LogP contribution >= 0.6 is 11.6 Å². The van der Waals surface area contributed by atoms with Gasteiger partial charge in [-0.2, -0.15) is 0 Å². The summed E-state index contributed by atoms with van der Waals surface area (Å²) in [4.78, 5) is 22.5. The third kappa shape index (κ3) is 1.70. The minimum atomic E-state index is -0.673. The summed E-state index contributed by atoms with van der Waals surface area (Å²) in [6, 6.07) is 6.56. The molecule has 0 bridgehead atoms. The van der Waals surface area contributed by atoms with E-state index in [-0.39, 0.29) is 38.4 Å². The molecule has 1 N–H and O–H groups in total. The first-order valence-electron chi connectivity index (χ1n) is 5.51. The molecule has 20 heavy (non-hydrogen) atoms. The van der Waals surface area contributed by atoms with Gasteiger partial charge in [0.15, 0.2) is 0 Å². The van der Waals surface area contributed by atoms with E-state index < -0.39 is 10.4 Å². The van der Waals surface area contributed by atoms with Crippen molar-refractivity contribution in [2.45, 2.75) is 0 Å². The molecule has 7 heteroatoms. The smallest absolute Gasteiger partial charge is 0.288 e. The number of phenols is 1. The lowest BCUT2D eigenvalue weighted by molar-refractivity contribution is -0.384. The molecule has 3 rings (SSSR count). The second-order valence-corrected chi connectivity index (χ2v) is 4.52. The molecule has 0 fully saturated rings. The molecule has 100 valence electrons. The number of hydrogen-bond acceptors (Lipinski definition) is 5. The van der Waals surface area contributed by atoms with Crippen molar-refractivity contribution in [2.75, 3.05) is 0 Å². The molecule has 2 aromatic carbocycles. The summed E-state index contributed by atoms with van der Waals surface area (Å²) in [5.41, 5.74) is -0.467. The van der Waals surface area contributed by atoms with Crippen LogP contribution in [0.4, 0.5) is 5.69 Å². The predicted octanol–water partition coefficient (Wildman–Crippen LogP) is 3.21. The fraction of sp³-hybridized carbons (Fsp3) is 0. The predicted molar refractivity (Wildman–Crippen MR) is 73.3 cm³/mol. The van der Waals surface area contributed by atoms with Crippen LogP contribution in [0.2, 0.25) is 5.02 Å². The standard InChI is InChI=1S/C13H6ClNO5/c14-12-8(15(18)19)2-4-10-11(12)13(17)7-5-6(16)1-3-9(7)20-10/h1-5,16H. The van der Waals surface area contributed by atoms with E-state index in [1.54, 1.807) is 0 Å². The number of nitro groups is 1. The van der Waals surface area contributed by atoms with E-state index in [9.17, 15) is 20.0 Å². The van der Waals surface area contributed by atoms with Crippen LogP contribution in [0.3, 0.4) is 0 Å². The van der Waals surface area contributed by atoms with Gasteiger partial charge in [0.25, 0.3) is 5.69 Å². The Kier molecular flexibility index (Phi) is 2.62. The maximum absolute atomic E-state index is 12.4. The van der Waals surface area contributed by atoms with Gasteiger partial charge in [0.1, 0.15) is 21.9 Å². The molecule has 0 unspecified atom stereocenters. The van der Waals surface area contributed by atoms with E-state index in [1.807, 2.05) is 0 Å². The molecule has 0 aliphatic heterocycles. The summed E-state index contributed by atoms with van der Waals surface area (Å²) in [5, 5.41) is 20.0. The van der Waals surface area contributed by atoms with Gasteiger partial charge in [-0.05, 0) is 24.3 Å². The van der Waals surface area contributed by atoms with Gasteiger partial charge in [0.05, 0.1) is 15.7 Å². The molecule has 0 amide bonds. The zero-order valence-electron chi connectivity index (χ0n) is 9.79. The molecule has 0 saturated heterocycles. The quantitative estimate of drug-likeness (QED) is 0.422. The van der Waals surface area contributed by atoms with Crippen molar-refractivity contribution in [3.63, 3.8) is 0 Å². The van der Waals surface area contributed by atoms with Crippen LogP contribution in [0.25, 0.3) is 21.9 Å². The van der Waals surface area contributed by atoms with Gasteiger partial charge in [-0.3, -0.25) is 14.9 Å². The molecule has 6 nitrogen and oxygen atoms in total. The van der Waals surface area contributed by atoms with Crippen LogP contribution in [0, 0.1) is 10.1 Å². The van der Waals surface area contributed by atoms with Crippen LogP contribution in [0.5, 0.6) is 5.75 Å². The average molecular weight is 292 g/mol. The normalized spacial score (nSPS) is 11.1. The summed E-state index contributed by atoms with van der Waals surface area (Å²) < 4.78 is 5.48. The molecule has 1 aromatic heterocycles. The van der Waals surface area contributed by atoms with E-state index in [4.69, 9.17) is 16.0 Å². The number of nitro benzene ring substituents is 1. The molecule has 0 aliphatic rings. The minimum Gasteiger partial charge on any atom is -0.508 e. The lowest BCUT2D eigenvalue weighted by Crippen LogP contribution is -2.04. The first-order valence-corrected chi connectivity index (χ1v) is 5.89. The van der Waals surface area contributed by atoms with Crippen molar-refractivity contribution in [3.05, 3.63) is 55.7 Å². The lowest BCUT2D eigenvalue weighted by atomic mass is 10.1. The molecule has 0 aliphatic carbocycles. The Morgan fingerprint density at radius 1 is 1.20 bits per heavy atom. The highest BCUT2D eigenvalue weighted by Crippen LogP contribution is 2.32. The highest BCUT2D eigenvalue weighted by Gasteiger charge is 2.20. The number of halogens is 1. The Morgan fingerprint density at radius 3 is 2.60 bits per heavy atom. The van der Waals surface area contributed by atoms with Gasteiger partial charge in [0, 0.05) is 6.07 Å². The Hall–Kier alpha value is -2.60. The summed E-state index contributed by atoms with van der Waals surface area (Å²) in [6.45, 7) is 0. The fourth-order valence-corrected chi connectivity index (χ4v) is 2.33. The van der Waals surface area contributed by atoms with Crippen LogP contribution < -0.4 is 5.43 Å². The fourth-order valence-electron chi connectivity index (χ4n) is 2.02. The number of benzene rings is 2. The third-order valence-electron chi connectivity index (χ3n) is 2.93. The highest BCUT2D eigenvalue weighted by atomic mass is 35.5. The largest absolute Gasteiger partial charge is 0.508 e. The number of nitrogens with zero attached hydrogens (tertiary/aromatic N) is 1. The van der Waals surface area contributed by atoms with E-state index in [2.05, 4.69) is 0 Å². The van der Waals surface area contributed by atoms with Crippen molar-refractivity contribution in [3.8, 4) is 5.75 Å². The zero-order valence-corrected chi connectivity index (χ0v) is 10.5. The summed E-state index contributed by atoms with van der Waals surface area (Å²) >= 11 is 5.92. The Labute approximate surface area is 116 Å². The summed E-state index contributed by atoms with van der Waals surface area (Å²) in [6.07, 6.45) is 0. The lowest BCUT2D eigenvalue weighted by Gasteiger charge is -2.03. The Morgan fingerprint density at radius 2 is 1.90 bits per heavy atom. The first-order chi connectivity index (χ1) is 9.49. The first kappa shape index (κ1) is 12.4. The van der Waals surface area contributed by atoms with Crippen molar-refractivity contribution in [2.24, 2.45) is 0 Å². The van der Waals surface area contributed by atoms with Gasteiger partial charge in [-0.1, -0.05) is 11.6 Å². The molecular weight excluding hydrogens is 286 g/mol. The maximum atomic E-state index is 12.4. The number of phenolic OH excluding ortho intramolecular Hbond substituents is 1. The molecule has 0 atom stereocenters. The van der Waals surface area contributed by atoms with Gasteiger partial charge in [0.2, 0.25) is 5.43 Å². The maximum Gasteiger partial charge on any atom is 0.288 e. The van der Waals surface area contributed by atoms with E-state index in [0.717, 1.165) is 0 Å². The second-order valence-electron chi connectivity index (χ2n) is 4.14. The third-order valence-corrected chi connectivity index (χ3v) is 3.32. The number of hydrogen-bond donors (Lipinski definition) is 1. The summed E-state index contributed by atoms with van der Waals surface area (Å²) in [5.74, 6) is -0.106. The average Bonchev–Trinajstić information content (AvgIpc) is 2.39. The van der Waals surface area contributed by atoms with Gasteiger partial charge in [-0.15, -0.1) is 0 Å². The molecule has 1 heterocycles. The monoisotopic (exact) mass is 291 g/mol. The van der Waals surface area contributed by atoms with Gasteiger partial charge in [-0.25, -0.2) is 0 Å². The van der Waals surface area contributed by atoms with E-state index >= 15 is 0 Å². The van der Waals surface area contributed by atoms with Gasteiger partial charge < -0.3 is 9.52 Å². The second kappa shape index (κ2) is 4.21. The van der Waals surface area contributed by atoms with Crippen molar-refractivity contribution in [1.29, 1.82) is 0 Å². The topological polar surface area (TPSA) is 93.6 Å². The molecule has 0 saturated carbocycles. The van der Waals surface area contributed by atoms with Crippen molar-refractivity contribution in [1.82, 2.24) is 0 Å². The minimum absolute atomic E-state index is 0.0704. The SMILES string of the molecule is O=c1c2cc(O)ccc2oc2ccc([N+](=O)[O-])c(Cl)c12. The summed E-state index contributed by atoms with van der Waals surface area (Å²) in [7, 11) is 0. The van der Waals surface area contributed by atoms with Gasteiger partial charge >= 0.3 is 0 Å². The molecular formula is C13H6ClNO5. The number of aromatic hydroxyl groups is 1. The van der Waals surface area contributed by atoms with E-state index in [1.165, 1.54) is 30.3 Å². The van der Waals surface area contributed by atoms with Crippen molar-refractivity contribution >= 4 is 39.2 Å². The van der Waals surface area contributed by atoms with Crippen molar-refractivity contribution < 1.29 is 14.4 Å².